The third-order valence-corrected chi connectivity index (χ3v) is 4.02. The monoisotopic (exact) mass is 302 g/mol. The van der Waals surface area contributed by atoms with Gasteiger partial charge >= 0.3 is 6.03 Å². The van der Waals surface area contributed by atoms with Crippen LogP contribution in [0.4, 0.5) is 10.5 Å². The highest BCUT2D eigenvalue weighted by atomic mass is 32.1. The van der Waals surface area contributed by atoms with Crippen LogP contribution in [-0.2, 0) is 11.8 Å². The lowest BCUT2D eigenvalue weighted by atomic mass is 9.87. The maximum atomic E-state index is 11.8. The smallest absolute Gasteiger partial charge is 0.319 e. The van der Waals surface area contributed by atoms with E-state index in [0.717, 1.165) is 12.1 Å². The predicted molar refractivity (Wildman–Crippen MR) is 90.2 cm³/mol. The number of benzene rings is 1. The number of amides is 2. The van der Waals surface area contributed by atoms with Crippen molar-refractivity contribution in [3.8, 4) is 0 Å². The fraction of sp³-hybridized carbons (Fsp3) is 0.353. The fourth-order valence-corrected chi connectivity index (χ4v) is 2.69. The zero-order chi connectivity index (χ0) is 15.3. The van der Waals surface area contributed by atoms with Gasteiger partial charge in [-0.15, -0.1) is 0 Å². The molecule has 112 valence electrons. The molecule has 3 nitrogen and oxygen atoms in total. The van der Waals surface area contributed by atoms with Crippen molar-refractivity contribution in [2.24, 2.45) is 0 Å². The first kappa shape index (κ1) is 15.6. The minimum absolute atomic E-state index is 0.126. The van der Waals surface area contributed by atoms with E-state index in [1.54, 1.807) is 11.3 Å². The van der Waals surface area contributed by atoms with Crippen molar-refractivity contribution >= 4 is 23.1 Å². The van der Waals surface area contributed by atoms with Gasteiger partial charge in [-0.05, 0) is 51.9 Å². The molecule has 2 rings (SSSR count). The highest BCUT2D eigenvalue weighted by Crippen LogP contribution is 2.23. The molecular weight excluding hydrogens is 280 g/mol. The van der Waals surface area contributed by atoms with Crippen molar-refractivity contribution < 1.29 is 4.79 Å². The van der Waals surface area contributed by atoms with Crippen LogP contribution in [0, 0.1) is 0 Å². The normalized spacial score (nSPS) is 11.2. The van der Waals surface area contributed by atoms with Gasteiger partial charge in [-0.3, -0.25) is 0 Å². The van der Waals surface area contributed by atoms with E-state index in [0.29, 0.717) is 6.54 Å². The van der Waals surface area contributed by atoms with Crippen molar-refractivity contribution in [2.75, 3.05) is 11.9 Å². The zero-order valence-electron chi connectivity index (χ0n) is 12.8. The number of rotatable bonds is 4. The van der Waals surface area contributed by atoms with Gasteiger partial charge in [-0.25, -0.2) is 4.79 Å². The second-order valence-electron chi connectivity index (χ2n) is 6.09. The molecule has 2 aromatic rings. The van der Waals surface area contributed by atoms with Gasteiger partial charge < -0.3 is 10.6 Å². The molecule has 0 saturated carbocycles. The summed E-state index contributed by atoms with van der Waals surface area (Å²) >= 11 is 1.68. The van der Waals surface area contributed by atoms with E-state index in [1.807, 2.05) is 17.5 Å². The molecule has 0 aliphatic rings. The lowest BCUT2D eigenvalue weighted by molar-refractivity contribution is 0.252. The Morgan fingerprint density at radius 2 is 1.86 bits per heavy atom. The molecule has 4 heteroatoms. The van der Waals surface area contributed by atoms with E-state index in [1.165, 1.54) is 11.1 Å². The Hall–Kier alpha value is -1.81. The molecule has 0 radical (unpaired) electrons. The molecule has 1 aromatic heterocycles. The average molecular weight is 302 g/mol. The molecule has 0 aliphatic heterocycles. The summed E-state index contributed by atoms with van der Waals surface area (Å²) in [6, 6.07) is 9.92. The highest BCUT2D eigenvalue weighted by Gasteiger charge is 2.13. The molecule has 0 fully saturated rings. The summed E-state index contributed by atoms with van der Waals surface area (Å²) in [5.74, 6) is 0. The van der Waals surface area contributed by atoms with Gasteiger partial charge in [-0.2, -0.15) is 11.3 Å². The Kier molecular flexibility index (Phi) is 5.02. The summed E-state index contributed by atoms with van der Waals surface area (Å²) < 4.78 is 0. The van der Waals surface area contributed by atoms with E-state index in [4.69, 9.17) is 0 Å². The second-order valence-corrected chi connectivity index (χ2v) is 6.87. The topological polar surface area (TPSA) is 41.1 Å². The maximum Gasteiger partial charge on any atom is 0.319 e. The van der Waals surface area contributed by atoms with Gasteiger partial charge in [0.15, 0.2) is 0 Å². The molecule has 0 unspecified atom stereocenters. The van der Waals surface area contributed by atoms with Crippen LogP contribution in [0.1, 0.15) is 31.9 Å². The Morgan fingerprint density at radius 1 is 1.14 bits per heavy atom. The summed E-state index contributed by atoms with van der Waals surface area (Å²) in [5.41, 5.74) is 3.46. The fourth-order valence-electron chi connectivity index (χ4n) is 1.98. The highest BCUT2D eigenvalue weighted by molar-refractivity contribution is 7.07. The maximum absolute atomic E-state index is 11.8. The van der Waals surface area contributed by atoms with E-state index in [-0.39, 0.29) is 11.4 Å². The number of urea groups is 1. The van der Waals surface area contributed by atoms with Crippen LogP contribution in [0.25, 0.3) is 0 Å². The molecule has 1 heterocycles. The van der Waals surface area contributed by atoms with Gasteiger partial charge in [0.2, 0.25) is 0 Å². The van der Waals surface area contributed by atoms with Gasteiger partial charge in [0, 0.05) is 12.2 Å². The average Bonchev–Trinajstić information content (AvgIpc) is 2.91. The minimum atomic E-state index is -0.159. The first-order chi connectivity index (χ1) is 9.95. The Morgan fingerprint density at radius 3 is 2.43 bits per heavy atom. The van der Waals surface area contributed by atoms with Gasteiger partial charge in [0.25, 0.3) is 0 Å². The molecule has 1 aromatic carbocycles. The summed E-state index contributed by atoms with van der Waals surface area (Å²) in [6.45, 7) is 7.16. The number of hydrogen-bond donors (Lipinski definition) is 2. The lowest BCUT2D eigenvalue weighted by Gasteiger charge is -2.19. The molecule has 2 amide bonds. The van der Waals surface area contributed by atoms with Crippen LogP contribution in [-0.4, -0.2) is 12.6 Å². The largest absolute Gasteiger partial charge is 0.338 e. The van der Waals surface area contributed by atoms with Crippen molar-refractivity contribution in [2.45, 2.75) is 32.6 Å². The van der Waals surface area contributed by atoms with Crippen molar-refractivity contribution in [3.05, 3.63) is 52.2 Å². The summed E-state index contributed by atoms with van der Waals surface area (Å²) in [4.78, 5) is 11.8. The molecule has 0 bridgehead atoms. The predicted octanol–water partition coefficient (Wildman–Crippen LogP) is 4.41. The zero-order valence-corrected chi connectivity index (χ0v) is 13.6. The number of thiophene rings is 1. The van der Waals surface area contributed by atoms with Crippen LogP contribution < -0.4 is 10.6 Å². The number of anilines is 1. The third kappa shape index (κ3) is 4.90. The number of hydrogen-bond acceptors (Lipinski definition) is 2. The van der Waals surface area contributed by atoms with Gasteiger partial charge in [0.05, 0.1) is 0 Å². The molecule has 0 spiro atoms. The van der Waals surface area contributed by atoms with E-state index >= 15 is 0 Å². The summed E-state index contributed by atoms with van der Waals surface area (Å²) in [6.07, 6.45) is 0.861. The second kappa shape index (κ2) is 6.76. The molecule has 0 atom stereocenters. The summed E-state index contributed by atoms with van der Waals surface area (Å²) in [7, 11) is 0. The van der Waals surface area contributed by atoms with Crippen LogP contribution >= 0.6 is 11.3 Å². The number of nitrogens with one attached hydrogen (secondary N) is 2. The molecule has 2 N–H and O–H groups in total. The first-order valence-corrected chi connectivity index (χ1v) is 8.06. The first-order valence-electron chi connectivity index (χ1n) is 7.11. The van der Waals surface area contributed by atoms with Crippen LogP contribution in [0.3, 0.4) is 0 Å². The molecular formula is C17H22N2OS. The Balaban J connectivity index is 1.79. The lowest BCUT2D eigenvalue weighted by Crippen LogP contribution is -2.30. The van der Waals surface area contributed by atoms with Crippen molar-refractivity contribution in [1.29, 1.82) is 0 Å². The Bertz CT molecular complexity index is 568. The van der Waals surface area contributed by atoms with Crippen LogP contribution in [0.15, 0.2) is 41.1 Å². The standard InChI is InChI=1S/C17H22N2OS/c1-17(2,3)14-4-6-15(7-5-14)19-16(20)18-10-8-13-9-11-21-12-13/h4-7,9,11-12H,8,10H2,1-3H3,(H2,18,19,20). The van der Waals surface area contributed by atoms with Crippen LogP contribution in [0.5, 0.6) is 0 Å². The molecule has 21 heavy (non-hydrogen) atoms. The van der Waals surface area contributed by atoms with Crippen molar-refractivity contribution in [3.63, 3.8) is 0 Å². The molecule has 0 aliphatic carbocycles. The van der Waals surface area contributed by atoms with E-state index in [2.05, 4.69) is 55.0 Å². The molecule has 0 saturated heterocycles. The number of carbonyl (C=O) groups excluding carboxylic acids is 1. The minimum Gasteiger partial charge on any atom is -0.338 e. The van der Waals surface area contributed by atoms with Crippen molar-refractivity contribution in [1.82, 2.24) is 5.32 Å². The Labute approximate surface area is 130 Å². The van der Waals surface area contributed by atoms with E-state index < -0.39 is 0 Å². The quantitative estimate of drug-likeness (QED) is 0.863. The SMILES string of the molecule is CC(C)(C)c1ccc(NC(=O)NCCc2ccsc2)cc1. The summed E-state index contributed by atoms with van der Waals surface area (Å²) in [5, 5.41) is 9.87. The number of carbonyl (C=O) groups is 1. The third-order valence-electron chi connectivity index (χ3n) is 3.29. The van der Waals surface area contributed by atoms with Crippen LogP contribution in [0.2, 0.25) is 0 Å². The van der Waals surface area contributed by atoms with Gasteiger partial charge in [0.1, 0.15) is 0 Å². The van der Waals surface area contributed by atoms with E-state index in [9.17, 15) is 4.79 Å². The van der Waals surface area contributed by atoms with Gasteiger partial charge in [-0.1, -0.05) is 32.9 Å².